The summed E-state index contributed by atoms with van der Waals surface area (Å²) in [6, 6.07) is 12.4. The summed E-state index contributed by atoms with van der Waals surface area (Å²) in [4.78, 5) is 17.7. The molecule has 6 heteroatoms. The van der Waals surface area contributed by atoms with E-state index in [-0.39, 0.29) is 18.5 Å². The zero-order chi connectivity index (χ0) is 18.2. The molecule has 2 rings (SSSR count). The predicted octanol–water partition coefficient (Wildman–Crippen LogP) is 5.17. The molecule has 5 nitrogen and oxygen atoms in total. The van der Waals surface area contributed by atoms with Crippen LogP contribution in [0.2, 0.25) is 0 Å². The zero-order valence-electron chi connectivity index (χ0n) is 14.6. The largest absolute Gasteiger partial charge is 0.457 e. The van der Waals surface area contributed by atoms with Crippen LogP contribution in [0.4, 0.5) is 9.18 Å². The molecule has 0 N–H and O–H groups in total. The van der Waals surface area contributed by atoms with Crippen molar-refractivity contribution in [2.75, 3.05) is 6.61 Å². The molecule has 0 aliphatic rings. The number of nitrogens with zero attached hydrogens (tertiary/aromatic N) is 1. The summed E-state index contributed by atoms with van der Waals surface area (Å²) in [6.07, 6.45) is 0.202. The lowest BCUT2D eigenvalue weighted by molar-refractivity contribution is -0.0737. The van der Waals surface area contributed by atoms with Crippen molar-refractivity contribution < 1.29 is 23.5 Å². The molecule has 2 aromatic rings. The number of hydrogen-bond acceptors (Lipinski definition) is 4. The van der Waals surface area contributed by atoms with Gasteiger partial charge in [-0.2, -0.15) is 0 Å². The minimum atomic E-state index is -0.525. The Morgan fingerprint density at radius 3 is 2.04 bits per heavy atom. The molecular weight excluding hydrogens is 325 g/mol. The van der Waals surface area contributed by atoms with E-state index in [9.17, 15) is 9.18 Å². The van der Waals surface area contributed by atoms with Gasteiger partial charge in [-0.3, -0.25) is 0 Å². The molecule has 0 aromatic heterocycles. The summed E-state index contributed by atoms with van der Waals surface area (Å²) in [5, 5.41) is 1.22. The Hall–Kier alpha value is -2.76. The molecule has 1 atom stereocenters. The number of carbonyl (C=O) groups excluding carboxylic acids is 1. The molecule has 0 radical (unpaired) electrons. The maximum atomic E-state index is 12.9. The van der Waals surface area contributed by atoms with Crippen molar-refractivity contribution in [3.05, 3.63) is 54.3 Å². The number of hydrogen-bond donors (Lipinski definition) is 0. The van der Waals surface area contributed by atoms with Gasteiger partial charge >= 0.3 is 6.09 Å². The number of benzene rings is 2. The monoisotopic (exact) mass is 347 g/mol. The smallest absolute Gasteiger partial charge is 0.443 e. The van der Waals surface area contributed by atoms with Gasteiger partial charge in [0.05, 0.1) is 12.6 Å². The zero-order valence-corrected chi connectivity index (χ0v) is 14.6. The Balaban J connectivity index is 2.04. The molecule has 2 aromatic carbocycles. The van der Waals surface area contributed by atoms with Gasteiger partial charge in [0.15, 0.2) is 5.75 Å². The van der Waals surface area contributed by atoms with E-state index < -0.39 is 6.09 Å². The fourth-order valence-electron chi connectivity index (χ4n) is 1.98. The fourth-order valence-corrected chi connectivity index (χ4v) is 1.98. The third-order valence-corrected chi connectivity index (χ3v) is 3.52. The maximum absolute atomic E-state index is 12.9. The van der Waals surface area contributed by atoms with Crippen molar-refractivity contribution in [3.8, 4) is 17.2 Å². The summed E-state index contributed by atoms with van der Waals surface area (Å²) in [6.45, 7) is 5.86. The van der Waals surface area contributed by atoms with Crippen LogP contribution in [0.15, 0.2) is 48.5 Å². The first-order valence-electron chi connectivity index (χ1n) is 8.21. The summed E-state index contributed by atoms with van der Waals surface area (Å²) in [5.74, 6) is 1.27. The van der Waals surface area contributed by atoms with Gasteiger partial charge in [-0.15, -0.1) is 5.06 Å². The van der Waals surface area contributed by atoms with Crippen LogP contribution in [-0.4, -0.2) is 23.8 Å². The normalized spacial score (nSPS) is 11.5. The van der Waals surface area contributed by atoms with E-state index in [1.807, 2.05) is 13.8 Å². The molecule has 0 aliphatic heterocycles. The molecule has 0 heterocycles. The highest BCUT2D eigenvalue weighted by Crippen LogP contribution is 2.25. The van der Waals surface area contributed by atoms with Crippen LogP contribution in [-0.2, 0) is 4.74 Å². The van der Waals surface area contributed by atoms with Crippen LogP contribution in [0, 0.1) is 5.82 Å². The Morgan fingerprint density at radius 1 is 1.00 bits per heavy atom. The van der Waals surface area contributed by atoms with Gasteiger partial charge in [0.2, 0.25) is 0 Å². The van der Waals surface area contributed by atoms with Crippen molar-refractivity contribution in [3.63, 3.8) is 0 Å². The quantitative estimate of drug-likeness (QED) is 0.648. The van der Waals surface area contributed by atoms with E-state index in [1.54, 1.807) is 43.3 Å². The topological polar surface area (TPSA) is 48.0 Å². The Labute approximate surface area is 146 Å². The minimum Gasteiger partial charge on any atom is -0.457 e. The van der Waals surface area contributed by atoms with E-state index in [2.05, 4.69) is 0 Å². The molecule has 0 bridgehead atoms. The van der Waals surface area contributed by atoms with Gasteiger partial charge in [-0.25, -0.2) is 9.18 Å². The number of carbonyl (C=O) groups is 1. The fraction of sp³-hybridized carbons (Fsp3) is 0.316. The van der Waals surface area contributed by atoms with E-state index >= 15 is 0 Å². The van der Waals surface area contributed by atoms with Gasteiger partial charge in [-0.1, -0.05) is 6.92 Å². The van der Waals surface area contributed by atoms with Crippen LogP contribution in [0.5, 0.6) is 17.2 Å². The molecule has 1 amide bonds. The second kappa shape index (κ2) is 8.92. The van der Waals surface area contributed by atoms with E-state index in [1.165, 1.54) is 17.2 Å². The van der Waals surface area contributed by atoms with Gasteiger partial charge in [0.1, 0.15) is 17.3 Å². The maximum Gasteiger partial charge on any atom is 0.443 e. The summed E-state index contributed by atoms with van der Waals surface area (Å²) >= 11 is 0. The van der Waals surface area contributed by atoms with Crippen molar-refractivity contribution >= 4 is 6.09 Å². The van der Waals surface area contributed by atoms with E-state index in [4.69, 9.17) is 14.3 Å². The van der Waals surface area contributed by atoms with Crippen molar-refractivity contribution in [2.24, 2.45) is 0 Å². The molecular formula is C19H22FNO4. The lowest BCUT2D eigenvalue weighted by Crippen LogP contribution is -2.41. The highest BCUT2D eigenvalue weighted by atomic mass is 19.1. The van der Waals surface area contributed by atoms with Crippen molar-refractivity contribution in [2.45, 2.75) is 33.2 Å². The molecule has 0 saturated heterocycles. The summed E-state index contributed by atoms with van der Waals surface area (Å²) < 4.78 is 23.5. The molecule has 134 valence electrons. The van der Waals surface area contributed by atoms with Crippen LogP contribution in [0.25, 0.3) is 0 Å². The first-order chi connectivity index (χ1) is 12.0. The third-order valence-electron chi connectivity index (χ3n) is 3.52. The molecule has 0 aliphatic carbocycles. The first kappa shape index (κ1) is 18.6. The lowest BCUT2D eigenvalue weighted by atomic mass is 10.2. The van der Waals surface area contributed by atoms with Crippen LogP contribution in [0.3, 0.4) is 0 Å². The van der Waals surface area contributed by atoms with Crippen molar-refractivity contribution in [1.82, 2.24) is 5.06 Å². The van der Waals surface area contributed by atoms with Crippen molar-refractivity contribution in [1.29, 1.82) is 0 Å². The van der Waals surface area contributed by atoms with Crippen LogP contribution >= 0.6 is 0 Å². The van der Waals surface area contributed by atoms with Crippen LogP contribution < -0.4 is 9.57 Å². The number of rotatable bonds is 7. The van der Waals surface area contributed by atoms with E-state index in [0.717, 1.165) is 6.42 Å². The molecule has 1 unspecified atom stereocenters. The van der Waals surface area contributed by atoms with Gasteiger partial charge in [0, 0.05) is 0 Å². The third kappa shape index (κ3) is 5.38. The van der Waals surface area contributed by atoms with Crippen LogP contribution in [0.1, 0.15) is 27.2 Å². The number of halogens is 1. The van der Waals surface area contributed by atoms with Gasteiger partial charge < -0.3 is 14.3 Å². The van der Waals surface area contributed by atoms with Gasteiger partial charge in [0.25, 0.3) is 0 Å². The first-order valence-corrected chi connectivity index (χ1v) is 8.21. The SMILES string of the molecule is CCOC(=O)N(Oc1ccc(Oc2ccc(F)cc2)cc1)C(C)CC. The predicted molar refractivity (Wildman–Crippen MR) is 92.2 cm³/mol. The van der Waals surface area contributed by atoms with Gasteiger partial charge in [-0.05, 0) is 68.8 Å². The average molecular weight is 347 g/mol. The molecule has 0 saturated carbocycles. The molecule has 25 heavy (non-hydrogen) atoms. The lowest BCUT2D eigenvalue weighted by Gasteiger charge is -2.26. The Kier molecular flexibility index (Phi) is 6.62. The van der Waals surface area contributed by atoms with E-state index in [0.29, 0.717) is 17.2 Å². The molecule has 0 fully saturated rings. The number of ether oxygens (including phenoxy) is 2. The number of amides is 1. The number of hydroxylamine groups is 2. The summed E-state index contributed by atoms with van der Waals surface area (Å²) in [7, 11) is 0. The second-order valence-electron chi connectivity index (χ2n) is 5.40. The molecule has 0 spiro atoms. The highest BCUT2D eigenvalue weighted by Gasteiger charge is 2.22. The second-order valence-corrected chi connectivity index (χ2v) is 5.40. The average Bonchev–Trinajstić information content (AvgIpc) is 2.62. The summed E-state index contributed by atoms with van der Waals surface area (Å²) in [5.41, 5.74) is 0. The standard InChI is InChI=1S/C19H22FNO4/c1-4-14(3)21(19(22)23-5-2)25-18-12-10-17(11-13-18)24-16-8-6-15(20)7-9-16/h6-14H,4-5H2,1-3H3. The highest BCUT2D eigenvalue weighted by molar-refractivity contribution is 5.67. The Bertz CT molecular complexity index is 673. The minimum absolute atomic E-state index is 0.130. The Morgan fingerprint density at radius 2 is 1.52 bits per heavy atom.